The van der Waals surface area contributed by atoms with Gasteiger partial charge in [0.25, 0.3) is 0 Å². The Morgan fingerprint density at radius 3 is 2.61 bits per heavy atom. The summed E-state index contributed by atoms with van der Waals surface area (Å²) in [6, 6.07) is 9.96. The molecular formula is C13H7BrF2N2. The van der Waals surface area contributed by atoms with Gasteiger partial charge in [0.1, 0.15) is 11.6 Å². The van der Waals surface area contributed by atoms with Crippen LogP contribution in [0.25, 0.3) is 22.4 Å². The van der Waals surface area contributed by atoms with Crippen LogP contribution in [0, 0.1) is 11.6 Å². The molecule has 0 saturated heterocycles. The lowest BCUT2D eigenvalue weighted by Crippen LogP contribution is -1.90. The molecule has 1 N–H and O–H groups in total. The highest BCUT2D eigenvalue weighted by Crippen LogP contribution is 2.29. The quantitative estimate of drug-likeness (QED) is 0.668. The van der Waals surface area contributed by atoms with Gasteiger partial charge < -0.3 is 4.98 Å². The highest BCUT2D eigenvalue weighted by atomic mass is 79.9. The second-order valence-corrected chi connectivity index (χ2v) is 4.62. The van der Waals surface area contributed by atoms with Crippen LogP contribution in [0.2, 0.25) is 0 Å². The molecule has 0 saturated carbocycles. The van der Waals surface area contributed by atoms with Crippen molar-refractivity contribution >= 4 is 27.0 Å². The predicted molar refractivity (Wildman–Crippen MR) is 69.1 cm³/mol. The van der Waals surface area contributed by atoms with Crippen LogP contribution in [0.4, 0.5) is 8.78 Å². The zero-order valence-electron chi connectivity index (χ0n) is 9.05. The highest BCUT2D eigenvalue weighted by molar-refractivity contribution is 9.10. The van der Waals surface area contributed by atoms with Crippen molar-refractivity contribution in [2.75, 3.05) is 0 Å². The highest BCUT2D eigenvalue weighted by Gasteiger charge is 2.15. The van der Waals surface area contributed by atoms with Gasteiger partial charge in [0.15, 0.2) is 5.82 Å². The number of hydrogen-bond donors (Lipinski definition) is 1. The summed E-state index contributed by atoms with van der Waals surface area (Å²) in [5.74, 6) is -0.907. The van der Waals surface area contributed by atoms with Gasteiger partial charge in [0.2, 0.25) is 0 Å². The predicted octanol–water partition coefficient (Wildman–Crippen LogP) is 4.27. The number of para-hydroxylation sites is 2. The largest absolute Gasteiger partial charge is 0.338 e. The molecule has 2 nitrogen and oxygen atoms in total. The standard InChI is InChI=1S/C13H7BrF2N2/c14-11-8(15)6-5-7(12(11)16)13-17-9-3-1-2-4-10(9)18-13/h1-6H,(H,17,18). The molecule has 0 bridgehead atoms. The number of imidazole rings is 1. The Kier molecular flexibility index (Phi) is 2.63. The fourth-order valence-electron chi connectivity index (χ4n) is 1.79. The number of H-pyrrole nitrogens is 1. The molecule has 18 heavy (non-hydrogen) atoms. The van der Waals surface area contributed by atoms with Crippen LogP contribution in [0.1, 0.15) is 0 Å². The number of aromatic nitrogens is 2. The maximum atomic E-state index is 13.9. The number of benzene rings is 2. The Morgan fingerprint density at radius 1 is 1.06 bits per heavy atom. The van der Waals surface area contributed by atoms with E-state index in [0.717, 1.165) is 11.0 Å². The number of aromatic amines is 1. The van der Waals surface area contributed by atoms with E-state index in [0.29, 0.717) is 5.82 Å². The van der Waals surface area contributed by atoms with Crippen LogP contribution < -0.4 is 0 Å². The molecule has 5 heteroatoms. The van der Waals surface area contributed by atoms with Gasteiger partial charge >= 0.3 is 0 Å². The third kappa shape index (κ3) is 1.71. The maximum Gasteiger partial charge on any atom is 0.151 e. The summed E-state index contributed by atoms with van der Waals surface area (Å²) in [4.78, 5) is 7.28. The number of hydrogen-bond acceptors (Lipinski definition) is 1. The second kappa shape index (κ2) is 4.17. The van der Waals surface area contributed by atoms with Gasteiger partial charge in [-0.15, -0.1) is 0 Å². The lowest BCUT2D eigenvalue weighted by molar-refractivity contribution is 0.573. The summed E-state index contributed by atoms with van der Waals surface area (Å²) in [7, 11) is 0. The minimum Gasteiger partial charge on any atom is -0.338 e. The van der Waals surface area contributed by atoms with Crippen molar-refractivity contribution in [3.8, 4) is 11.4 Å². The molecule has 0 amide bonds. The smallest absolute Gasteiger partial charge is 0.151 e. The summed E-state index contributed by atoms with van der Waals surface area (Å²) in [5, 5.41) is 0. The number of nitrogens with zero attached hydrogens (tertiary/aromatic N) is 1. The number of rotatable bonds is 1. The molecule has 0 spiro atoms. The van der Waals surface area contributed by atoms with Crippen LogP contribution in [0.5, 0.6) is 0 Å². The molecule has 0 fully saturated rings. The second-order valence-electron chi connectivity index (χ2n) is 3.83. The van der Waals surface area contributed by atoms with Crippen LogP contribution in [0.15, 0.2) is 40.9 Å². The fourth-order valence-corrected chi connectivity index (χ4v) is 2.13. The molecule has 3 aromatic rings. The third-order valence-electron chi connectivity index (χ3n) is 2.68. The monoisotopic (exact) mass is 308 g/mol. The minimum absolute atomic E-state index is 0.180. The molecule has 1 aromatic heterocycles. The minimum atomic E-state index is -0.658. The first-order valence-corrected chi connectivity index (χ1v) is 6.05. The average molecular weight is 309 g/mol. The molecule has 0 radical (unpaired) electrons. The van der Waals surface area contributed by atoms with Crippen molar-refractivity contribution < 1.29 is 8.78 Å². The summed E-state index contributed by atoms with van der Waals surface area (Å²) in [6.45, 7) is 0. The topological polar surface area (TPSA) is 28.7 Å². The summed E-state index contributed by atoms with van der Waals surface area (Å²) >= 11 is 2.88. The Balaban J connectivity index is 2.23. The van der Waals surface area contributed by atoms with E-state index in [1.54, 1.807) is 0 Å². The number of fused-ring (bicyclic) bond motifs is 1. The lowest BCUT2D eigenvalue weighted by atomic mass is 10.2. The zero-order valence-corrected chi connectivity index (χ0v) is 10.6. The van der Waals surface area contributed by atoms with Crippen molar-refractivity contribution in [3.05, 3.63) is 52.5 Å². The van der Waals surface area contributed by atoms with Crippen molar-refractivity contribution in [1.82, 2.24) is 9.97 Å². The molecule has 3 rings (SSSR count). The van der Waals surface area contributed by atoms with E-state index in [1.165, 1.54) is 12.1 Å². The van der Waals surface area contributed by atoms with E-state index in [9.17, 15) is 8.78 Å². The average Bonchev–Trinajstić information content (AvgIpc) is 2.79. The number of nitrogens with one attached hydrogen (secondary N) is 1. The van der Waals surface area contributed by atoms with E-state index in [4.69, 9.17) is 0 Å². The van der Waals surface area contributed by atoms with Crippen LogP contribution in [0.3, 0.4) is 0 Å². The van der Waals surface area contributed by atoms with Gasteiger partial charge in [0.05, 0.1) is 21.1 Å². The Morgan fingerprint density at radius 2 is 1.83 bits per heavy atom. The van der Waals surface area contributed by atoms with E-state index in [-0.39, 0.29) is 10.0 Å². The van der Waals surface area contributed by atoms with E-state index >= 15 is 0 Å². The molecule has 0 aliphatic carbocycles. The fraction of sp³-hybridized carbons (Fsp3) is 0. The van der Waals surface area contributed by atoms with Gasteiger partial charge in [0, 0.05) is 0 Å². The zero-order chi connectivity index (χ0) is 12.7. The van der Waals surface area contributed by atoms with Crippen LogP contribution >= 0.6 is 15.9 Å². The molecule has 0 atom stereocenters. The number of halogens is 3. The van der Waals surface area contributed by atoms with Gasteiger partial charge in [-0.1, -0.05) is 12.1 Å². The Bertz CT molecular complexity index is 704. The van der Waals surface area contributed by atoms with Crippen molar-refractivity contribution in [2.24, 2.45) is 0 Å². The summed E-state index contributed by atoms with van der Waals surface area (Å²) in [5.41, 5.74) is 1.79. The Labute approximate surface area is 110 Å². The van der Waals surface area contributed by atoms with E-state index in [2.05, 4.69) is 25.9 Å². The van der Waals surface area contributed by atoms with Crippen molar-refractivity contribution in [1.29, 1.82) is 0 Å². The van der Waals surface area contributed by atoms with Crippen LogP contribution in [-0.2, 0) is 0 Å². The molecule has 1 heterocycles. The molecular weight excluding hydrogens is 302 g/mol. The first kappa shape index (κ1) is 11.3. The lowest BCUT2D eigenvalue weighted by Gasteiger charge is -2.02. The summed E-state index contributed by atoms with van der Waals surface area (Å²) in [6.07, 6.45) is 0. The van der Waals surface area contributed by atoms with Crippen LogP contribution in [-0.4, -0.2) is 9.97 Å². The van der Waals surface area contributed by atoms with Crippen molar-refractivity contribution in [2.45, 2.75) is 0 Å². The van der Waals surface area contributed by atoms with Gasteiger partial charge in [-0.05, 0) is 40.2 Å². The molecule has 0 unspecified atom stereocenters. The van der Waals surface area contributed by atoms with Gasteiger partial charge in [-0.25, -0.2) is 13.8 Å². The third-order valence-corrected chi connectivity index (χ3v) is 3.41. The van der Waals surface area contributed by atoms with E-state index in [1.807, 2.05) is 24.3 Å². The van der Waals surface area contributed by atoms with E-state index < -0.39 is 11.6 Å². The first-order valence-electron chi connectivity index (χ1n) is 5.25. The molecule has 90 valence electrons. The molecule has 2 aromatic carbocycles. The SMILES string of the molecule is Fc1ccc(-c2nc3ccccc3[nH]2)c(F)c1Br. The first-order chi connectivity index (χ1) is 8.66. The van der Waals surface area contributed by atoms with Gasteiger partial charge in [-0.3, -0.25) is 0 Å². The van der Waals surface area contributed by atoms with Gasteiger partial charge in [-0.2, -0.15) is 0 Å². The molecule has 0 aliphatic heterocycles. The normalized spacial score (nSPS) is 11.1. The Hall–Kier alpha value is -1.75. The molecule has 0 aliphatic rings. The maximum absolute atomic E-state index is 13.9. The van der Waals surface area contributed by atoms with Crippen molar-refractivity contribution in [3.63, 3.8) is 0 Å². The summed E-state index contributed by atoms with van der Waals surface area (Å²) < 4.78 is 26.9.